The lowest BCUT2D eigenvalue weighted by Crippen LogP contribution is -2.44. The third-order valence-corrected chi connectivity index (χ3v) is 9.85. The van der Waals surface area contributed by atoms with Crippen LogP contribution in [0.1, 0.15) is 55.7 Å². The van der Waals surface area contributed by atoms with E-state index >= 15 is 4.39 Å². The maximum atomic E-state index is 15.8. The van der Waals surface area contributed by atoms with Crippen LogP contribution in [0.3, 0.4) is 0 Å². The molecule has 7 rings (SSSR count). The van der Waals surface area contributed by atoms with Crippen LogP contribution in [-0.4, -0.2) is 85.9 Å². The van der Waals surface area contributed by atoms with Crippen molar-refractivity contribution in [3.05, 3.63) is 71.1 Å². The summed E-state index contributed by atoms with van der Waals surface area (Å²) in [6, 6.07) is 7.34. The van der Waals surface area contributed by atoms with Gasteiger partial charge in [0.1, 0.15) is 17.2 Å². The first-order chi connectivity index (χ1) is 24.3. The van der Waals surface area contributed by atoms with E-state index in [4.69, 9.17) is 24.4 Å². The number of nitrogens with zero attached hydrogens (tertiary/aromatic N) is 7. The molecule has 0 bridgehead atoms. The number of fused-ring (bicyclic) bond motifs is 2. The van der Waals surface area contributed by atoms with Crippen LogP contribution in [-0.2, 0) is 23.0 Å². The SMILES string of the molecule is Cc1nc2c(cc(-c3ccnc(-c4cnc(N5CCN(C)CC5)cn4)c3)n2C)c(-c2cc(F)c3c(c2C)CCCO3)c1[C@H](OC(C)(C)C)C(=O)O. The molecule has 0 radical (unpaired) electrons. The summed E-state index contributed by atoms with van der Waals surface area (Å²) < 4.78 is 29.8. The summed E-state index contributed by atoms with van der Waals surface area (Å²) >= 11 is 0. The van der Waals surface area contributed by atoms with E-state index < -0.39 is 23.5 Å². The monoisotopic (exact) mass is 693 g/mol. The molecule has 5 aromatic rings. The lowest BCUT2D eigenvalue weighted by Gasteiger charge is -2.32. The number of halogens is 1. The van der Waals surface area contributed by atoms with E-state index in [1.54, 1.807) is 25.5 Å². The maximum Gasteiger partial charge on any atom is 0.337 e. The molecule has 0 unspecified atom stereocenters. The summed E-state index contributed by atoms with van der Waals surface area (Å²) in [6.07, 6.45) is 5.38. The van der Waals surface area contributed by atoms with E-state index in [2.05, 4.69) is 21.8 Å². The smallest absolute Gasteiger partial charge is 0.337 e. The predicted octanol–water partition coefficient (Wildman–Crippen LogP) is 6.53. The molecule has 2 aliphatic heterocycles. The number of rotatable bonds is 7. The predicted molar refractivity (Wildman–Crippen MR) is 195 cm³/mol. The van der Waals surface area contributed by atoms with E-state index in [0.717, 1.165) is 60.8 Å². The first kappa shape index (κ1) is 34.5. The molecule has 1 saturated heterocycles. The Bertz CT molecular complexity index is 2130. The molecular formula is C39H44FN7O4. The Balaban J connectivity index is 1.39. The van der Waals surface area contributed by atoms with Crippen molar-refractivity contribution >= 4 is 22.8 Å². The highest BCUT2D eigenvalue weighted by atomic mass is 19.1. The van der Waals surface area contributed by atoms with Gasteiger partial charge in [0, 0.05) is 72.8 Å². The number of ether oxygens (including phenoxy) is 2. The van der Waals surface area contributed by atoms with Gasteiger partial charge in [-0.3, -0.25) is 4.98 Å². The van der Waals surface area contributed by atoms with Crippen molar-refractivity contribution in [2.45, 2.75) is 59.2 Å². The molecule has 0 saturated carbocycles. The normalized spacial score (nSPS) is 15.9. The first-order valence-electron chi connectivity index (χ1n) is 17.4. The third kappa shape index (κ3) is 6.54. The lowest BCUT2D eigenvalue weighted by molar-refractivity contribution is -0.160. The number of hydrogen-bond acceptors (Lipinski definition) is 9. The fourth-order valence-electron chi connectivity index (χ4n) is 7.23. The molecule has 1 atom stereocenters. The number of carbonyl (C=O) groups is 1. The zero-order valence-corrected chi connectivity index (χ0v) is 30.2. The summed E-state index contributed by atoms with van der Waals surface area (Å²) in [5.74, 6) is -0.511. The summed E-state index contributed by atoms with van der Waals surface area (Å²) in [5, 5.41) is 11.3. The van der Waals surface area contributed by atoms with E-state index in [1.807, 2.05) is 57.5 Å². The number of pyridine rings is 2. The average molecular weight is 694 g/mol. The van der Waals surface area contributed by atoms with Crippen molar-refractivity contribution in [1.82, 2.24) is 29.4 Å². The number of benzene rings is 1. The fraction of sp³-hybridized carbons (Fsp3) is 0.410. The molecule has 51 heavy (non-hydrogen) atoms. The van der Waals surface area contributed by atoms with Crippen LogP contribution in [0.5, 0.6) is 5.75 Å². The van der Waals surface area contributed by atoms with Gasteiger partial charge in [-0.05, 0) is 89.9 Å². The summed E-state index contributed by atoms with van der Waals surface area (Å²) in [7, 11) is 4.04. The van der Waals surface area contributed by atoms with Crippen molar-refractivity contribution in [2.24, 2.45) is 7.05 Å². The molecule has 2 aliphatic rings. The van der Waals surface area contributed by atoms with Crippen molar-refractivity contribution in [3.63, 3.8) is 0 Å². The second kappa shape index (κ2) is 13.3. The highest BCUT2D eigenvalue weighted by molar-refractivity contribution is 6.01. The second-order valence-corrected chi connectivity index (χ2v) is 14.5. The van der Waals surface area contributed by atoms with Crippen LogP contribution in [0.4, 0.5) is 10.2 Å². The molecule has 0 spiro atoms. The standard InChI is InChI=1S/C39H44FN7O4/c1-22-25-9-8-16-50-35(25)28(40)18-26(22)34-27-19-31(46(7)37(27)44-23(2)33(34)36(38(48)49)51-39(3,4)5)24-10-11-41-29(17-24)30-20-43-32(21-42-30)47-14-12-45(6)13-15-47/h10-11,17-21,36H,8-9,12-16H2,1-7H3,(H,48,49)/t36-/m0/s1. The van der Waals surface area contributed by atoms with Crippen LogP contribution >= 0.6 is 0 Å². The van der Waals surface area contributed by atoms with Crippen LogP contribution in [0.15, 0.2) is 42.9 Å². The number of carboxylic acids is 1. The fourth-order valence-corrected chi connectivity index (χ4v) is 7.23. The van der Waals surface area contributed by atoms with Gasteiger partial charge >= 0.3 is 5.97 Å². The second-order valence-electron chi connectivity index (χ2n) is 14.5. The van der Waals surface area contributed by atoms with Crippen molar-refractivity contribution in [2.75, 3.05) is 44.7 Å². The Labute approximate surface area is 297 Å². The number of aromatic nitrogens is 5. The largest absolute Gasteiger partial charge is 0.490 e. The van der Waals surface area contributed by atoms with Crippen LogP contribution in [0.2, 0.25) is 0 Å². The number of aliphatic carboxylic acids is 1. The Morgan fingerprint density at radius 2 is 1.78 bits per heavy atom. The molecule has 1 N–H and O–H groups in total. The van der Waals surface area contributed by atoms with Crippen molar-refractivity contribution in [1.29, 1.82) is 0 Å². The van der Waals surface area contributed by atoms with Crippen LogP contribution in [0, 0.1) is 19.7 Å². The van der Waals surface area contributed by atoms with E-state index in [0.29, 0.717) is 57.8 Å². The van der Waals surface area contributed by atoms with Gasteiger partial charge in [-0.1, -0.05) is 0 Å². The van der Waals surface area contributed by atoms with Gasteiger partial charge in [0.25, 0.3) is 0 Å². The molecule has 11 nitrogen and oxygen atoms in total. The Morgan fingerprint density at radius 1 is 1.02 bits per heavy atom. The van der Waals surface area contributed by atoms with Gasteiger partial charge in [-0.15, -0.1) is 0 Å². The van der Waals surface area contributed by atoms with Crippen molar-refractivity contribution < 1.29 is 23.8 Å². The Kier molecular flexibility index (Phi) is 9.01. The molecule has 1 aromatic carbocycles. The quantitative estimate of drug-likeness (QED) is 0.202. The number of hydrogen-bond donors (Lipinski definition) is 1. The number of carboxylic acid groups (broad SMARTS) is 1. The topological polar surface area (TPSA) is 119 Å². The molecule has 6 heterocycles. The van der Waals surface area contributed by atoms with Gasteiger partial charge in [0.05, 0.1) is 36.0 Å². The Morgan fingerprint density at radius 3 is 2.47 bits per heavy atom. The van der Waals surface area contributed by atoms with Gasteiger partial charge < -0.3 is 28.9 Å². The van der Waals surface area contributed by atoms with E-state index in [-0.39, 0.29) is 5.75 Å². The first-order valence-corrected chi connectivity index (χ1v) is 17.4. The zero-order chi connectivity index (χ0) is 36.2. The van der Waals surface area contributed by atoms with E-state index in [1.165, 1.54) is 6.07 Å². The maximum absolute atomic E-state index is 15.8. The molecule has 0 aliphatic carbocycles. The van der Waals surface area contributed by atoms with Gasteiger partial charge in [-0.25, -0.2) is 24.1 Å². The molecule has 0 amide bonds. The molecule has 1 fully saturated rings. The minimum atomic E-state index is -1.35. The summed E-state index contributed by atoms with van der Waals surface area (Å²) in [6.45, 7) is 13.4. The molecule has 4 aromatic heterocycles. The van der Waals surface area contributed by atoms with Gasteiger partial charge in [0.15, 0.2) is 17.7 Å². The van der Waals surface area contributed by atoms with Crippen molar-refractivity contribution in [3.8, 4) is 39.5 Å². The summed E-state index contributed by atoms with van der Waals surface area (Å²) in [4.78, 5) is 36.5. The number of likely N-dealkylation sites (N-methyl/N-ethyl adjacent to an activating group) is 1. The highest BCUT2D eigenvalue weighted by Crippen LogP contribution is 2.45. The minimum absolute atomic E-state index is 0.268. The minimum Gasteiger partial charge on any atom is -0.490 e. The number of piperazine rings is 1. The van der Waals surface area contributed by atoms with Gasteiger partial charge in [-0.2, -0.15) is 0 Å². The highest BCUT2D eigenvalue weighted by Gasteiger charge is 2.34. The molecular weight excluding hydrogens is 649 g/mol. The molecule has 12 heteroatoms. The van der Waals surface area contributed by atoms with Crippen LogP contribution in [0.25, 0.3) is 44.8 Å². The zero-order valence-electron chi connectivity index (χ0n) is 30.2. The Hall–Kier alpha value is -4.94. The summed E-state index contributed by atoms with van der Waals surface area (Å²) in [5.41, 5.74) is 6.54. The van der Waals surface area contributed by atoms with E-state index in [9.17, 15) is 9.90 Å². The lowest BCUT2D eigenvalue weighted by atomic mass is 9.86. The van der Waals surface area contributed by atoms with Crippen LogP contribution < -0.4 is 9.64 Å². The molecule has 266 valence electrons. The number of aryl methyl sites for hydroxylation is 2. The number of anilines is 1. The third-order valence-electron chi connectivity index (χ3n) is 9.85. The van der Waals surface area contributed by atoms with Gasteiger partial charge in [0.2, 0.25) is 0 Å². The average Bonchev–Trinajstić information content (AvgIpc) is 3.43.